The third-order valence-electron chi connectivity index (χ3n) is 5.38. The van der Waals surface area contributed by atoms with E-state index in [4.69, 9.17) is 10.5 Å². The molecule has 0 bridgehead atoms. The summed E-state index contributed by atoms with van der Waals surface area (Å²) in [5.74, 6) is -0.504. The highest BCUT2D eigenvalue weighted by atomic mass is 127. The molecule has 2 heterocycles. The highest BCUT2D eigenvalue weighted by Gasteiger charge is 2.31. The molecule has 1 aliphatic heterocycles. The largest absolute Gasteiger partial charge is 0.492 e. The number of aromatic nitrogens is 1. The number of fused-ring (bicyclic) bond motifs is 1. The molecule has 0 radical (unpaired) electrons. The number of nitrogens with two attached hydrogens (primary N) is 1. The number of carbonyl (C=O) groups excluding carboxylic acids is 1. The van der Waals surface area contributed by atoms with Crippen molar-refractivity contribution < 1.29 is 13.9 Å². The lowest BCUT2D eigenvalue weighted by molar-refractivity contribution is 0.110. The van der Waals surface area contributed by atoms with Crippen molar-refractivity contribution in [3.05, 3.63) is 40.2 Å². The van der Waals surface area contributed by atoms with Gasteiger partial charge in [-0.2, -0.15) is 0 Å². The van der Waals surface area contributed by atoms with Crippen LogP contribution in [0, 0.1) is 5.82 Å². The number of hydrogen-bond donors (Lipinski definition) is 3. The molecule has 8 nitrogen and oxygen atoms in total. The van der Waals surface area contributed by atoms with Crippen LogP contribution in [0.25, 0.3) is 10.9 Å². The van der Waals surface area contributed by atoms with E-state index in [0.29, 0.717) is 12.1 Å². The molecule has 4 rings (SSSR count). The predicted molar refractivity (Wildman–Crippen MR) is 123 cm³/mol. The van der Waals surface area contributed by atoms with Crippen molar-refractivity contribution in [2.75, 3.05) is 37.9 Å². The van der Waals surface area contributed by atoms with Gasteiger partial charge in [-0.1, -0.05) is 0 Å². The second-order valence-corrected chi connectivity index (χ2v) is 8.39. The second-order valence-electron chi connectivity index (χ2n) is 7.41. The maximum atomic E-state index is 15.2. The number of rotatable bonds is 8. The van der Waals surface area contributed by atoms with E-state index in [2.05, 4.69) is 15.5 Å². The third kappa shape index (κ3) is 3.68. The summed E-state index contributed by atoms with van der Waals surface area (Å²) in [6.45, 7) is 2.06. The van der Waals surface area contributed by atoms with Gasteiger partial charge in [0.2, 0.25) is 9.22 Å². The molecule has 0 saturated heterocycles. The van der Waals surface area contributed by atoms with Crippen LogP contribution < -0.4 is 26.5 Å². The maximum Gasteiger partial charge on any atom is 0.227 e. The van der Waals surface area contributed by atoms with Crippen LogP contribution in [0.3, 0.4) is 0 Å². The second kappa shape index (κ2) is 8.32. The number of carbonyl (C=O) groups is 1. The number of nitrogens with one attached hydrogen (secondary N) is 2. The van der Waals surface area contributed by atoms with Crippen molar-refractivity contribution in [1.82, 2.24) is 14.8 Å². The SMILES string of the molecule is COc1c(NCCCN2C=CNC2)c(F)c(N)c2c(=O)c(C(=O)I)cn(C3CC3)c12. The van der Waals surface area contributed by atoms with Crippen LogP contribution in [-0.2, 0) is 0 Å². The normalized spacial score (nSPS) is 15.5. The minimum atomic E-state index is -0.736. The van der Waals surface area contributed by atoms with E-state index in [1.54, 1.807) is 28.8 Å². The van der Waals surface area contributed by atoms with Crippen molar-refractivity contribution in [3.8, 4) is 5.75 Å². The summed E-state index contributed by atoms with van der Waals surface area (Å²) in [7, 11) is 1.44. The first kappa shape index (κ1) is 20.8. The van der Waals surface area contributed by atoms with Crippen LogP contribution in [-0.4, -0.2) is 40.1 Å². The van der Waals surface area contributed by atoms with E-state index in [1.165, 1.54) is 7.11 Å². The van der Waals surface area contributed by atoms with Gasteiger partial charge in [-0.05, 0) is 19.3 Å². The lowest BCUT2D eigenvalue weighted by atomic mass is 10.1. The first-order valence-electron chi connectivity index (χ1n) is 9.75. The van der Waals surface area contributed by atoms with E-state index in [-0.39, 0.29) is 34.1 Å². The predicted octanol–water partition coefficient (Wildman–Crippen LogP) is 2.78. The molecule has 10 heteroatoms. The minimum Gasteiger partial charge on any atom is -0.492 e. The summed E-state index contributed by atoms with van der Waals surface area (Å²) in [6, 6.07) is 0.128. The lowest BCUT2D eigenvalue weighted by Gasteiger charge is -2.21. The molecule has 0 spiro atoms. The van der Waals surface area contributed by atoms with Gasteiger partial charge in [-0.15, -0.1) is 0 Å². The zero-order chi connectivity index (χ0) is 21.4. The van der Waals surface area contributed by atoms with Gasteiger partial charge < -0.3 is 30.6 Å². The van der Waals surface area contributed by atoms with Crippen LogP contribution in [0.1, 0.15) is 35.7 Å². The summed E-state index contributed by atoms with van der Waals surface area (Å²) >= 11 is 1.57. The van der Waals surface area contributed by atoms with Crippen LogP contribution in [0.15, 0.2) is 23.4 Å². The Morgan fingerprint density at radius 1 is 1.47 bits per heavy atom. The molecule has 30 heavy (non-hydrogen) atoms. The van der Waals surface area contributed by atoms with Gasteiger partial charge in [0.25, 0.3) is 0 Å². The Labute approximate surface area is 186 Å². The Hall–Kier alpha value is -2.50. The Kier molecular flexibility index (Phi) is 5.76. The molecular weight excluding hydrogens is 504 g/mol. The molecule has 1 fully saturated rings. The van der Waals surface area contributed by atoms with Crippen LogP contribution in [0.2, 0.25) is 0 Å². The van der Waals surface area contributed by atoms with Crippen molar-refractivity contribution in [2.45, 2.75) is 25.3 Å². The summed E-state index contributed by atoms with van der Waals surface area (Å²) < 4.78 is 22.2. The van der Waals surface area contributed by atoms with Crippen molar-refractivity contribution in [2.24, 2.45) is 0 Å². The number of methoxy groups -OCH3 is 1. The summed E-state index contributed by atoms with van der Waals surface area (Å²) in [6.07, 6.45) is 7.99. The Morgan fingerprint density at radius 2 is 2.23 bits per heavy atom. The molecule has 1 aliphatic carbocycles. The van der Waals surface area contributed by atoms with Gasteiger partial charge in [0, 0.05) is 60.3 Å². The summed E-state index contributed by atoms with van der Waals surface area (Å²) in [4.78, 5) is 27.0. The molecule has 160 valence electrons. The summed E-state index contributed by atoms with van der Waals surface area (Å²) in [5.41, 5.74) is 5.81. The standard InChI is InChI=1S/C20H23FIN5O3/c1-30-19-16(25-5-2-7-26-8-6-24-10-26)14(21)15(23)13-17(19)27(11-3-4-11)9-12(18(13)28)20(22)29/h6,8-9,11,24-25H,2-5,7,10,23H2,1H3. The van der Waals surface area contributed by atoms with Crippen LogP contribution in [0.4, 0.5) is 15.8 Å². The van der Waals surface area contributed by atoms with E-state index < -0.39 is 15.0 Å². The fourth-order valence-electron chi connectivity index (χ4n) is 3.74. The van der Waals surface area contributed by atoms with E-state index >= 15 is 4.39 Å². The van der Waals surface area contributed by atoms with Gasteiger partial charge in [0.15, 0.2) is 11.6 Å². The Balaban J connectivity index is 1.77. The molecule has 4 N–H and O–H groups in total. The number of anilines is 2. The highest BCUT2D eigenvalue weighted by Crippen LogP contribution is 2.44. The average molecular weight is 527 g/mol. The number of benzene rings is 1. The third-order valence-corrected chi connectivity index (χ3v) is 5.96. The molecule has 0 atom stereocenters. The number of hydrogen-bond acceptors (Lipinski definition) is 7. The maximum absolute atomic E-state index is 15.2. The topological polar surface area (TPSA) is 102 Å². The van der Waals surface area contributed by atoms with Crippen LogP contribution in [0.5, 0.6) is 5.75 Å². The van der Waals surface area contributed by atoms with Gasteiger partial charge in [0.05, 0.1) is 35.9 Å². The molecule has 2 aliphatic rings. The van der Waals surface area contributed by atoms with Crippen molar-refractivity contribution in [1.29, 1.82) is 0 Å². The molecule has 1 aromatic heterocycles. The van der Waals surface area contributed by atoms with Gasteiger partial charge in [-0.25, -0.2) is 4.39 Å². The van der Waals surface area contributed by atoms with Crippen molar-refractivity contribution >= 4 is 48.7 Å². The first-order valence-corrected chi connectivity index (χ1v) is 10.8. The van der Waals surface area contributed by atoms with Crippen molar-refractivity contribution in [3.63, 3.8) is 0 Å². The van der Waals surface area contributed by atoms with E-state index in [9.17, 15) is 9.59 Å². The monoisotopic (exact) mass is 527 g/mol. The zero-order valence-corrected chi connectivity index (χ0v) is 18.7. The molecular formula is C20H23FIN5O3. The van der Waals surface area contributed by atoms with Gasteiger partial charge in [-0.3, -0.25) is 9.59 Å². The molecule has 1 aromatic carbocycles. The zero-order valence-electron chi connectivity index (χ0n) is 16.5. The Bertz CT molecular complexity index is 1100. The molecule has 0 amide bonds. The quantitative estimate of drug-likeness (QED) is 0.210. The fraction of sp³-hybridized carbons (Fsp3) is 0.400. The summed E-state index contributed by atoms with van der Waals surface area (Å²) in [5, 5.41) is 6.19. The van der Waals surface area contributed by atoms with Gasteiger partial charge >= 0.3 is 0 Å². The smallest absolute Gasteiger partial charge is 0.227 e. The number of pyridine rings is 1. The van der Waals surface area contributed by atoms with Gasteiger partial charge in [0.1, 0.15) is 5.69 Å². The number of ether oxygens (including phenoxy) is 1. The molecule has 0 unspecified atom stereocenters. The Morgan fingerprint density at radius 3 is 2.83 bits per heavy atom. The van der Waals surface area contributed by atoms with E-state index in [0.717, 1.165) is 32.5 Å². The first-order chi connectivity index (χ1) is 14.4. The lowest BCUT2D eigenvalue weighted by Crippen LogP contribution is -2.23. The average Bonchev–Trinajstić information content (AvgIpc) is 3.43. The number of nitrogen functional groups attached to an aromatic ring is 1. The number of halogens is 2. The molecule has 1 saturated carbocycles. The fourth-order valence-corrected chi connectivity index (χ4v) is 4.13. The number of nitrogens with zero attached hydrogens (tertiary/aromatic N) is 2. The van der Waals surface area contributed by atoms with E-state index in [1.807, 2.05) is 17.0 Å². The van der Waals surface area contributed by atoms with Crippen LogP contribution >= 0.6 is 22.6 Å². The highest BCUT2D eigenvalue weighted by molar-refractivity contribution is 14.1. The minimum absolute atomic E-state index is 0.00223. The molecule has 2 aromatic rings.